The Balaban J connectivity index is 1.83. The smallest absolute Gasteiger partial charge is 0.354 e. The van der Waals surface area contributed by atoms with E-state index in [2.05, 4.69) is 9.97 Å². The van der Waals surface area contributed by atoms with E-state index >= 15 is 0 Å². The van der Waals surface area contributed by atoms with E-state index in [1.165, 1.54) is 6.07 Å². The average molecular weight is 335 g/mol. The number of aromatic carboxylic acids is 1. The molecule has 0 unspecified atom stereocenters. The van der Waals surface area contributed by atoms with Crippen LogP contribution in [0.1, 0.15) is 23.3 Å². The van der Waals surface area contributed by atoms with Crippen LogP contribution < -0.4 is 15.5 Å². The van der Waals surface area contributed by atoms with E-state index in [1.54, 1.807) is 0 Å². The number of rotatable bonds is 4. The van der Waals surface area contributed by atoms with Crippen molar-refractivity contribution in [1.29, 1.82) is 0 Å². The van der Waals surface area contributed by atoms with Gasteiger partial charge in [0.15, 0.2) is 5.69 Å². The Hall–Kier alpha value is -2.42. The van der Waals surface area contributed by atoms with E-state index in [4.69, 9.17) is 10.5 Å². The van der Waals surface area contributed by atoms with E-state index in [0.29, 0.717) is 64.0 Å². The fourth-order valence-electron chi connectivity index (χ4n) is 2.99. The van der Waals surface area contributed by atoms with Crippen molar-refractivity contribution in [2.75, 3.05) is 49.2 Å². The third-order valence-corrected chi connectivity index (χ3v) is 4.44. The number of nitrogens with zero attached hydrogens (tertiary/aromatic N) is 4. The fraction of sp³-hybridized carbons (Fsp3) is 0.600. The van der Waals surface area contributed by atoms with E-state index in [0.717, 1.165) is 0 Å². The molecule has 3 N–H and O–H groups in total. The van der Waals surface area contributed by atoms with Crippen LogP contribution in [0.25, 0.3) is 0 Å². The first-order valence-electron chi connectivity index (χ1n) is 8.04. The number of morpholine rings is 1. The molecule has 1 aromatic heterocycles. The number of carbonyl (C=O) groups excluding carboxylic acids is 1. The maximum atomic E-state index is 11.4. The second-order valence-electron chi connectivity index (χ2n) is 5.98. The third kappa shape index (κ3) is 3.56. The van der Waals surface area contributed by atoms with Crippen LogP contribution in [0.2, 0.25) is 0 Å². The normalized spacial score (nSPS) is 19.3. The van der Waals surface area contributed by atoms with Crippen LogP contribution >= 0.6 is 0 Å². The molecule has 130 valence electrons. The zero-order valence-corrected chi connectivity index (χ0v) is 13.3. The van der Waals surface area contributed by atoms with Gasteiger partial charge in [0, 0.05) is 38.2 Å². The number of carboxylic acid groups (broad SMARTS) is 1. The lowest BCUT2D eigenvalue weighted by Crippen LogP contribution is -2.40. The maximum absolute atomic E-state index is 11.4. The van der Waals surface area contributed by atoms with Crippen LogP contribution in [0.5, 0.6) is 0 Å². The summed E-state index contributed by atoms with van der Waals surface area (Å²) in [5.41, 5.74) is 5.33. The Morgan fingerprint density at radius 1 is 1.12 bits per heavy atom. The minimum absolute atomic E-state index is 0.0292. The molecule has 0 radical (unpaired) electrons. The van der Waals surface area contributed by atoms with Gasteiger partial charge in [-0.1, -0.05) is 0 Å². The van der Waals surface area contributed by atoms with Crippen LogP contribution in [0.4, 0.5) is 11.8 Å². The van der Waals surface area contributed by atoms with E-state index in [9.17, 15) is 14.7 Å². The fourth-order valence-corrected chi connectivity index (χ4v) is 2.99. The number of ether oxygens (including phenoxy) is 1. The Labute approximate surface area is 139 Å². The molecule has 0 aromatic carbocycles. The Morgan fingerprint density at radius 2 is 1.79 bits per heavy atom. The highest BCUT2D eigenvalue weighted by Crippen LogP contribution is 2.24. The third-order valence-electron chi connectivity index (χ3n) is 4.44. The minimum atomic E-state index is -1.08. The van der Waals surface area contributed by atoms with Crippen molar-refractivity contribution >= 4 is 23.6 Å². The zero-order valence-electron chi connectivity index (χ0n) is 13.3. The van der Waals surface area contributed by atoms with E-state index < -0.39 is 5.97 Å². The van der Waals surface area contributed by atoms with Gasteiger partial charge in [-0.2, -0.15) is 4.98 Å². The highest BCUT2D eigenvalue weighted by Gasteiger charge is 2.26. The largest absolute Gasteiger partial charge is 0.477 e. The van der Waals surface area contributed by atoms with Crippen molar-refractivity contribution in [3.8, 4) is 0 Å². The molecule has 9 nitrogen and oxygen atoms in total. The first-order chi connectivity index (χ1) is 11.5. The standard InChI is InChI=1S/C15H21N5O4/c16-13(21)10-1-3-19(4-2-10)12-9-11(14(22)23)17-15(18-12)20-5-7-24-8-6-20/h9-10H,1-8H2,(H2,16,21)(H,22,23). The molecule has 2 aliphatic rings. The van der Waals surface area contributed by atoms with Crippen molar-refractivity contribution in [2.45, 2.75) is 12.8 Å². The van der Waals surface area contributed by atoms with Gasteiger partial charge in [-0.3, -0.25) is 4.79 Å². The number of hydrogen-bond donors (Lipinski definition) is 2. The quantitative estimate of drug-likeness (QED) is 0.770. The molecule has 0 aliphatic carbocycles. The highest BCUT2D eigenvalue weighted by atomic mass is 16.5. The molecular weight excluding hydrogens is 314 g/mol. The Bertz CT molecular complexity index is 624. The van der Waals surface area contributed by atoms with Crippen LogP contribution in [-0.2, 0) is 9.53 Å². The summed E-state index contributed by atoms with van der Waals surface area (Å²) in [6.45, 7) is 3.64. The highest BCUT2D eigenvalue weighted by molar-refractivity contribution is 5.86. The molecule has 2 aliphatic heterocycles. The number of piperidine rings is 1. The van der Waals surface area contributed by atoms with Crippen molar-refractivity contribution in [2.24, 2.45) is 11.7 Å². The number of anilines is 2. The second kappa shape index (κ2) is 7.00. The predicted octanol–water partition coefficient (Wildman–Crippen LogP) is -0.287. The van der Waals surface area contributed by atoms with Crippen LogP contribution in [0.15, 0.2) is 6.07 Å². The molecule has 3 heterocycles. The Morgan fingerprint density at radius 3 is 2.38 bits per heavy atom. The summed E-state index contributed by atoms with van der Waals surface area (Å²) >= 11 is 0. The van der Waals surface area contributed by atoms with Gasteiger partial charge in [0.25, 0.3) is 0 Å². The van der Waals surface area contributed by atoms with Gasteiger partial charge in [-0.15, -0.1) is 0 Å². The number of carboxylic acids is 1. The molecule has 2 saturated heterocycles. The van der Waals surface area contributed by atoms with Gasteiger partial charge >= 0.3 is 5.97 Å². The van der Waals surface area contributed by atoms with Gasteiger partial charge in [0.2, 0.25) is 11.9 Å². The molecule has 0 spiro atoms. The van der Waals surface area contributed by atoms with E-state index in [-0.39, 0.29) is 17.5 Å². The van der Waals surface area contributed by atoms with Gasteiger partial charge in [0.05, 0.1) is 13.2 Å². The number of hydrogen-bond acceptors (Lipinski definition) is 7. The monoisotopic (exact) mass is 335 g/mol. The molecule has 1 amide bonds. The number of carbonyl (C=O) groups is 2. The summed E-state index contributed by atoms with van der Waals surface area (Å²) in [4.78, 5) is 35.3. The summed E-state index contributed by atoms with van der Waals surface area (Å²) in [5, 5.41) is 9.33. The molecule has 3 rings (SSSR count). The summed E-state index contributed by atoms with van der Waals surface area (Å²) in [7, 11) is 0. The van der Waals surface area contributed by atoms with Gasteiger partial charge < -0.3 is 25.4 Å². The average Bonchev–Trinajstić information content (AvgIpc) is 2.62. The molecule has 1 aromatic rings. The second-order valence-corrected chi connectivity index (χ2v) is 5.98. The van der Waals surface area contributed by atoms with Crippen LogP contribution in [0.3, 0.4) is 0 Å². The predicted molar refractivity (Wildman–Crippen MR) is 86.2 cm³/mol. The molecule has 2 fully saturated rings. The lowest BCUT2D eigenvalue weighted by molar-refractivity contribution is -0.122. The lowest BCUT2D eigenvalue weighted by Gasteiger charge is -2.33. The minimum Gasteiger partial charge on any atom is -0.477 e. The SMILES string of the molecule is NC(=O)C1CCN(c2cc(C(=O)O)nc(N3CCOCC3)n2)CC1. The first kappa shape index (κ1) is 16.4. The van der Waals surface area contributed by atoms with Gasteiger partial charge in [-0.25, -0.2) is 9.78 Å². The molecule has 24 heavy (non-hydrogen) atoms. The zero-order chi connectivity index (χ0) is 17.1. The summed E-state index contributed by atoms with van der Waals surface area (Å²) in [5.74, 6) is -0.504. The number of nitrogens with two attached hydrogens (primary N) is 1. The molecule has 9 heteroatoms. The van der Waals surface area contributed by atoms with Crippen molar-refractivity contribution in [1.82, 2.24) is 9.97 Å². The van der Waals surface area contributed by atoms with Crippen LogP contribution in [-0.4, -0.2) is 66.3 Å². The van der Waals surface area contributed by atoms with Gasteiger partial charge in [0.1, 0.15) is 5.82 Å². The first-order valence-corrected chi connectivity index (χ1v) is 8.04. The number of primary amides is 1. The van der Waals surface area contributed by atoms with Gasteiger partial charge in [-0.05, 0) is 12.8 Å². The van der Waals surface area contributed by atoms with E-state index in [1.807, 2.05) is 9.80 Å². The number of amides is 1. The Kier molecular flexibility index (Phi) is 4.79. The van der Waals surface area contributed by atoms with Crippen molar-refractivity contribution < 1.29 is 19.4 Å². The lowest BCUT2D eigenvalue weighted by atomic mass is 9.96. The maximum Gasteiger partial charge on any atom is 0.354 e. The summed E-state index contributed by atoms with van der Waals surface area (Å²) < 4.78 is 5.31. The topological polar surface area (TPSA) is 122 Å². The summed E-state index contributed by atoms with van der Waals surface area (Å²) in [6, 6.07) is 1.48. The molecule has 0 saturated carbocycles. The summed E-state index contributed by atoms with van der Waals surface area (Å²) in [6.07, 6.45) is 1.29. The molecule has 0 atom stereocenters. The number of aromatic nitrogens is 2. The van der Waals surface area contributed by atoms with Crippen LogP contribution in [0, 0.1) is 5.92 Å². The molecule has 0 bridgehead atoms. The van der Waals surface area contributed by atoms with Crippen molar-refractivity contribution in [3.63, 3.8) is 0 Å². The molecular formula is C15H21N5O4. The van der Waals surface area contributed by atoms with Crippen molar-refractivity contribution in [3.05, 3.63) is 11.8 Å².